The summed E-state index contributed by atoms with van der Waals surface area (Å²) < 4.78 is 31.3. The molecule has 0 bridgehead atoms. The summed E-state index contributed by atoms with van der Waals surface area (Å²) >= 11 is 0. The number of para-hydroxylation sites is 1. The minimum Gasteiger partial charge on any atom is -0.434 e. The van der Waals surface area contributed by atoms with Crippen molar-refractivity contribution in [2.75, 3.05) is 0 Å². The van der Waals surface area contributed by atoms with Gasteiger partial charge in [-0.2, -0.15) is 8.78 Å². The van der Waals surface area contributed by atoms with Gasteiger partial charge in [0, 0.05) is 17.5 Å². The molecular weight excluding hydrogens is 262 g/mol. The van der Waals surface area contributed by atoms with Crippen molar-refractivity contribution in [1.82, 2.24) is 9.38 Å². The number of ether oxygens (including phenoxy) is 1. The van der Waals surface area contributed by atoms with Crippen LogP contribution in [0.15, 0.2) is 48.7 Å². The van der Waals surface area contributed by atoms with Crippen LogP contribution in [0.4, 0.5) is 8.78 Å². The van der Waals surface area contributed by atoms with Crippen LogP contribution in [0.1, 0.15) is 5.69 Å². The van der Waals surface area contributed by atoms with Crippen molar-refractivity contribution in [2.45, 2.75) is 13.5 Å². The van der Waals surface area contributed by atoms with Crippen molar-refractivity contribution in [1.29, 1.82) is 0 Å². The average molecular weight is 274 g/mol. The van der Waals surface area contributed by atoms with Gasteiger partial charge in [0.25, 0.3) is 0 Å². The number of hydrogen-bond acceptors (Lipinski definition) is 2. The average Bonchev–Trinajstić information content (AvgIpc) is 2.84. The number of imidazole rings is 1. The van der Waals surface area contributed by atoms with Gasteiger partial charge in [0.15, 0.2) is 0 Å². The molecule has 102 valence electrons. The highest BCUT2D eigenvalue weighted by Crippen LogP contribution is 2.30. The number of nitrogens with zero attached hydrogens (tertiary/aromatic N) is 2. The third-order valence-corrected chi connectivity index (χ3v) is 3.07. The smallest absolute Gasteiger partial charge is 0.387 e. The molecule has 20 heavy (non-hydrogen) atoms. The molecule has 5 heteroatoms. The fourth-order valence-corrected chi connectivity index (χ4v) is 2.16. The second-order valence-electron chi connectivity index (χ2n) is 4.40. The first-order valence-corrected chi connectivity index (χ1v) is 6.14. The van der Waals surface area contributed by atoms with Crippen LogP contribution in [0.5, 0.6) is 5.75 Å². The first-order chi connectivity index (χ1) is 9.65. The Bertz CT molecular complexity index is 752. The van der Waals surface area contributed by atoms with Crippen LogP contribution in [0.3, 0.4) is 0 Å². The van der Waals surface area contributed by atoms with Gasteiger partial charge in [-0.05, 0) is 31.2 Å². The zero-order valence-electron chi connectivity index (χ0n) is 10.8. The molecule has 0 spiro atoms. The van der Waals surface area contributed by atoms with E-state index in [4.69, 9.17) is 0 Å². The number of benzene rings is 1. The summed E-state index contributed by atoms with van der Waals surface area (Å²) in [5.74, 6) is 0.128. The van der Waals surface area contributed by atoms with Gasteiger partial charge in [-0.15, -0.1) is 0 Å². The highest BCUT2D eigenvalue weighted by Gasteiger charge is 2.13. The second kappa shape index (κ2) is 4.92. The molecule has 2 heterocycles. The molecule has 3 nitrogen and oxygen atoms in total. The summed E-state index contributed by atoms with van der Waals surface area (Å²) in [6, 6.07) is 12.4. The maximum atomic E-state index is 12.4. The minimum atomic E-state index is -2.85. The normalized spacial score (nSPS) is 11.2. The van der Waals surface area contributed by atoms with E-state index in [0.29, 0.717) is 11.3 Å². The number of rotatable bonds is 3. The molecule has 3 rings (SSSR count). The molecule has 2 aromatic heterocycles. The summed E-state index contributed by atoms with van der Waals surface area (Å²) in [4.78, 5) is 4.45. The molecule has 0 radical (unpaired) electrons. The van der Waals surface area contributed by atoms with E-state index >= 15 is 0 Å². The van der Waals surface area contributed by atoms with Crippen LogP contribution < -0.4 is 4.74 Å². The van der Waals surface area contributed by atoms with Gasteiger partial charge in [-0.1, -0.05) is 18.2 Å². The number of fused-ring (bicyclic) bond motifs is 1. The Kier molecular flexibility index (Phi) is 3.10. The number of alkyl halides is 2. The van der Waals surface area contributed by atoms with Gasteiger partial charge < -0.3 is 9.14 Å². The van der Waals surface area contributed by atoms with Crippen molar-refractivity contribution in [3.8, 4) is 17.0 Å². The Morgan fingerprint density at radius 2 is 1.90 bits per heavy atom. The molecule has 0 saturated heterocycles. The van der Waals surface area contributed by atoms with Crippen LogP contribution in [0, 0.1) is 6.92 Å². The standard InChI is InChI=1S/C15H12F2N2O/c1-10-5-4-8-14-18-12(9-19(10)14)11-6-2-3-7-13(11)20-15(16)17/h2-9,15H,1H3. The fourth-order valence-electron chi connectivity index (χ4n) is 2.16. The van der Waals surface area contributed by atoms with E-state index in [1.165, 1.54) is 6.07 Å². The fraction of sp³-hybridized carbons (Fsp3) is 0.133. The Morgan fingerprint density at radius 1 is 1.10 bits per heavy atom. The lowest BCUT2D eigenvalue weighted by atomic mass is 10.1. The van der Waals surface area contributed by atoms with Crippen molar-refractivity contribution >= 4 is 5.65 Å². The van der Waals surface area contributed by atoms with E-state index in [2.05, 4.69) is 9.72 Å². The first-order valence-electron chi connectivity index (χ1n) is 6.14. The van der Waals surface area contributed by atoms with Crippen LogP contribution in [-0.2, 0) is 0 Å². The lowest BCUT2D eigenvalue weighted by Gasteiger charge is -2.08. The van der Waals surface area contributed by atoms with E-state index in [-0.39, 0.29) is 5.75 Å². The monoisotopic (exact) mass is 274 g/mol. The molecule has 0 saturated carbocycles. The largest absolute Gasteiger partial charge is 0.434 e. The molecular formula is C15H12F2N2O. The Hall–Kier alpha value is -2.43. The summed E-state index contributed by atoms with van der Waals surface area (Å²) in [7, 11) is 0. The van der Waals surface area contributed by atoms with Crippen LogP contribution >= 0.6 is 0 Å². The molecule has 0 unspecified atom stereocenters. The molecule has 0 atom stereocenters. The predicted octanol–water partition coefficient (Wildman–Crippen LogP) is 3.91. The van der Waals surface area contributed by atoms with E-state index in [1.54, 1.807) is 18.2 Å². The van der Waals surface area contributed by atoms with Gasteiger partial charge in [0.05, 0.1) is 5.69 Å². The van der Waals surface area contributed by atoms with Crippen molar-refractivity contribution < 1.29 is 13.5 Å². The summed E-state index contributed by atoms with van der Waals surface area (Å²) in [5.41, 5.74) is 2.95. The van der Waals surface area contributed by atoms with Gasteiger partial charge in [0.1, 0.15) is 11.4 Å². The highest BCUT2D eigenvalue weighted by molar-refractivity contribution is 5.69. The van der Waals surface area contributed by atoms with Crippen molar-refractivity contribution in [2.24, 2.45) is 0 Å². The van der Waals surface area contributed by atoms with E-state index in [0.717, 1.165) is 11.3 Å². The van der Waals surface area contributed by atoms with Crippen LogP contribution in [0.2, 0.25) is 0 Å². The maximum Gasteiger partial charge on any atom is 0.387 e. The zero-order valence-corrected chi connectivity index (χ0v) is 10.8. The molecule has 0 N–H and O–H groups in total. The van der Waals surface area contributed by atoms with E-state index in [9.17, 15) is 8.78 Å². The topological polar surface area (TPSA) is 26.5 Å². The van der Waals surface area contributed by atoms with Gasteiger partial charge >= 0.3 is 6.61 Å². The van der Waals surface area contributed by atoms with E-state index < -0.39 is 6.61 Å². The van der Waals surface area contributed by atoms with Crippen molar-refractivity contribution in [3.63, 3.8) is 0 Å². The molecule has 0 amide bonds. The third-order valence-electron chi connectivity index (χ3n) is 3.07. The SMILES string of the molecule is Cc1cccc2nc(-c3ccccc3OC(F)F)cn12. The number of pyridine rings is 1. The highest BCUT2D eigenvalue weighted by atomic mass is 19.3. The van der Waals surface area contributed by atoms with Crippen LogP contribution in [-0.4, -0.2) is 16.0 Å². The molecule has 1 aromatic carbocycles. The van der Waals surface area contributed by atoms with Crippen LogP contribution in [0.25, 0.3) is 16.9 Å². The van der Waals surface area contributed by atoms with Gasteiger partial charge in [-0.3, -0.25) is 0 Å². The summed E-state index contributed by atoms with van der Waals surface area (Å²) in [5, 5.41) is 0. The number of hydrogen-bond donors (Lipinski definition) is 0. The summed E-state index contributed by atoms with van der Waals surface area (Å²) in [6.07, 6.45) is 1.82. The zero-order chi connectivity index (χ0) is 14.1. The Morgan fingerprint density at radius 3 is 2.65 bits per heavy atom. The quantitative estimate of drug-likeness (QED) is 0.724. The van der Waals surface area contributed by atoms with E-state index in [1.807, 2.05) is 35.7 Å². The Balaban J connectivity index is 2.13. The molecule has 3 aromatic rings. The Labute approximate surface area is 114 Å². The third kappa shape index (κ3) is 2.22. The van der Waals surface area contributed by atoms with Gasteiger partial charge in [0.2, 0.25) is 0 Å². The minimum absolute atomic E-state index is 0.128. The molecule has 0 fully saturated rings. The maximum absolute atomic E-state index is 12.4. The van der Waals surface area contributed by atoms with Gasteiger partial charge in [-0.25, -0.2) is 4.98 Å². The lowest BCUT2D eigenvalue weighted by Crippen LogP contribution is -2.03. The molecule has 0 aliphatic carbocycles. The molecule has 0 aliphatic rings. The molecule has 0 aliphatic heterocycles. The predicted molar refractivity (Wildman–Crippen MR) is 72.0 cm³/mol. The number of aromatic nitrogens is 2. The first kappa shape index (κ1) is 12.6. The lowest BCUT2D eigenvalue weighted by molar-refractivity contribution is -0.0494. The second-order valence-corrected chi connectivity index (χ2v) is 4.40. The van der Waals surface area contributed by atoms with Crippen molar-refractivity contribution in [3.05, 3.63) is 54.4 Å². The number of aryl methyl sites for hydroxylation is 1. The number of halogens is 2. The summed E-state index contributed by atoms with van der Waals surface area (Å²) in [6.45, 7) is -0.894.